The van der Waals surface area contributed by atoms with Crippen molar-refractivity contribution in [3.63, 3.8) is 0 Å². The number of carboxylic acid groups (broad SMARTS) is 4. The molecule has 0 fully saturated rings. The predicted octanol–water partition coefficient (Wildman–Crippen LogP) is 1.93. The van der Waals surface area contributed by atoms with Gasteiger partial charge in [-0.25, -0.2) is 14.4 Å². The van der Waals surface area contributed by atoms with Crippen molar-refractivity contribution in [2.24, 2.45) is 5.73 Å². The van der Waals surface area contributed by atoms with Crippen molar-refractivity contribution in [1.29, 1.82) is 0 Å². The minimum Gasteiger partial charge on any atom is -0.481 e. The summed E-state index contributed by atoms with van der Waals surface area (Å²) in [6.07, 6.45) is 16.6. The second kappa shape index (κ2) is 44.5. The fraction of sp³-hybridized carbons (Fsp3) is 0.787. The zero-order valence-corrected chi connectivity index (χ0v) is 41.4. The summed E-state index contributed by atoms with van der Waals surface area (Å²) in [7, 11) is 0. The lowest BCUT2D eigenvalue weighted by atomic mass is 10.0. The van der Waals surface area contributed by atoms with E-state index in [0.717, 1.165) is 44.9 Å². The van der Waals surface area contributed by atoms with Crippen molar-refractivity contribution in [1.82, 2.24) is 26.6 Å². The SMILES string of the molecule is NC(=O)CC[C@H](NC(=O)CC[C@H](NC(=O)COCCOCCNC(=O)COCCOCCNC(=O)CC[C@H](NC(=O)CCCCCCCCCCCCCCCCCCC(=O)O)C(=O)O)C(=O)O)C(=O)O. The summed E-state index contributed by atoms with van der Waals surface area (Å²) in [6, 6.07) is -4.02. The van der Waals surface area contributed by atoms with E-state index in [0.29, 0.717) is 6.42 Å². The number of nitrogens with one attached hydrogen (secondary N) is 5. The molecule has 0 saturated carbocycles. The standard InChI is InChI=1S/C47H82N6O18/c48-38(54)22-19-35(45(62)63)52-41(57)24-21-37(47(66)67)53-43(59)34-71-32-30-69-28-26-50-42(58)33-70-31-29-68-27-25-49-39(55)23-20-36(46(64)65)51-40(56)17-15-13-11-9-7-5-3-1-2-4-6-8-10-12-14-16-18-44(60)61/h35-37H,1-34H2,(H2,48,54)(H,49,55)(H,50,58)(H,51,56)(H,52,57)(H,53,59)(H,60,61)(H,62,63)(H,64,65)(H,66,67)/t35-,36-,37-/m0/s1. The van der Waals surface area contributed by atoms with Gasteiger partial charge in [0.2, 0.25) is 35.4 Å². The van der Waals surface area contributed by atoms with Gasteiger partial charge in [0.1, 0.15) is 31.3 Å². The molecule has 24 heteroatoms. The third-order valence-corrected chi connectivity index (χ3v) is 10.8. The monoisotopic (exact) mass is 1020 g/mol. The van der Waals surface area contributed by atoms with E-state index in [1.807, 2.05) is 0 Å². The van der Waals surface area contributed by atoms with Crippen LogP contribution in [0.25, 0.3) is 0 Å². The molecule has 0 aromatic heterocycles. The zero-order valence-electron chi connectivity index (χ0n) is 41.4. The molecule has 0 saturated heterocycles. The van der Waals surface area contributed by atoms with E-state index in [1.165, 1.54) is 51.4 Å². The van der Waals surface area contributed by atoms with Crippen LogP contribution in [0, 0.1) is 0 Å². The molecule has 0 aromatic rings. The molecule has 408 valence electrons. The number of carbonyl (C=O) groups excluding carboxylic acids is 6. The van der Waals surface area contributed by atoms with Crippen LogP contribution in [0.4, 0.5) is 0 Å². The van der Waals surface area contributed by atoms with Gasteiger partial charge in [-0.15, -0.1) is 0 Å². The minimum absolute atomic E-state index is 0.0328. The van der Waals surface area contributed by atoms with Gasteiger partial charge in [0.05, 0.1) is 39.6 Å². The maximum Gasteiger partial charge on any atom is 0.326 e. The van der Waals surface area contributed by atoms with Crippen LogP contribution in [-0.4, -0.2) is 164 Å². The van der Waals surface area contributed by atoms with Crippen LogP contribution in [0.15, 0.2) is 0 Å². The lowest BCUT2D eigenvalue weighted by Gasteiger charge is -2.16. The van der Waals surface area contributed by atoms with Crippen LogP contribution in [-0.2, 0) is 66.9 Å². The number of primary amides is 1. The van der Waals surface area contributed by atoms with Gasteiger partial charge in [0.15, 0.2) is 0 Å². The van der Waals surface area contributed by atoms with E-state index < -0.39 is 78.7 Å². The van der Waals surface area contributed by atoms with Crippen molar-refractivity contribution in [3.05, 3.63) is 0 Å². The molecule has 0 heterocycles. The van der Waals surface area contributed by atoms with E-state index in [4.69, 9.17) is 29.8 Å². The van der Waals surface area contributed by atoms with Crippen molar-refractivity contribution < 1.29 is 87.3 Å². The summed E-state index contributed by atoms with van der Waals surface area (Å²) >= 11 is 0. The highest BCUT2D eigenvalue weighted by molar-refractivity contribution is 5.87. The molecular formula is C47H82N6O18. The Bertz CT molecular complexity index is 1570. The van der Waals surface area contributed by atoms with Crippen LogP contribution in [0.1, 0.15) is 154 Å². The first-order chi connectivity index (χ1) is 34.0. The summed E-state index contributed by atoms with van der Waals surface area (Å²) in [5.41, 5.74) is 5.00. The molecule has 0 aliphatic carbocycles. The van der Waals surface area contributed by atoms with Gasteiger partial charge in [-0.1, -0.05) is 89.9 Å². The third kappa shape index (κ3) is 43.1. The van der Waals surface area contributed by atoms with E-state index in [9.17, 15) is 63.3 Å². The Morgan fingerprint density at radius 3 is 1.08 bits per heavy atom. The van der Waals surface area contributed by atoms with E-state index in [2.05, 4.69) is 26.6 Å². The van der Waals surface area contributed by atoms with Crippen LogP contribution < -0.4 is 32.3 Å². The maximum absolute atomic E-state index is 12.4. The van der Waals surface area contributed by atoms with Gasteiger partial charge in [0, 0.05) is 45.2 Å². The Kier molecular flexibility index (Phi) is 41.1. The molecule has 0 aromatic carbocycles. The maximum atomic E-state index is 12.4. The molecule has 6 amide bonds. The van der Waals surface area contributed by atoms with Gasteiger partial charge >= 0.3 is 23.9 Å². The number of nitrogens with two attached hydrogens (primary N) is 1. The molecule has 3 atom stereocenters. The Hall–Kier alpha value is -5.46. The van der Waals surface area contributed by atoms with Gasteiger partial charge in [-0.2, -0.15) is 0 Å². The van der Waals surface area contributed by atoms with Crippen molar-refractivity contribution in [3.8, 4) is 0 Å². The minimum atomic E-state index is -1.46. The Morgan fingerprint density at radius 2 is 0.676 bits per heavy atom. The number of unbranched alkanes of at least 4 members (excludes halogenated alkanes) is 15. The lowest BCUT2D eigenvalue weighted by Crippen LogP contribution is -2.45. The molecule has 0 aliphatic heterocycles. The van der Waals surface area contributed by atoms with Gasteiger partial charge in [0.25, 0.3) is 0 Å². The Labute approximate surface area is 416 Å². The van der Waals surface area contributed by atoms with Crippen molar-refractivity contribution in [2.45, 2.75) is 172 Å². The topological polar surface area (TPSA) is 375 Å². The number of rotatable bonds is 50. The molecule has 0 bridgehead atoms. The lowest BCUT2D eigenvalue weighted by molar-refractivity contribution is -0.144. The highest BCUT2D eigenvalue weighted by atomic mass is 16.5. The second-order valence-corrected chi connectivity index (χ2v) is 17.0. The quantitative estimate of drug-likeness (QED) is 0.0389. The van der Waals surface area contributed by atoms with Gasteiger partial charge in [-0.3, -0.25) is 33.6 Å². The first-order valence-electron chi connectivity index (χ1n) is 24.9. The number of carboxylic acids is 4. The molecule has 11 N–H and O–H groups in total. The Morgan fingerprint density at radius 1 is 0.352 bits per heavy atom. The van der Waals surface area contributed by atoms with Crippen LogP contribution in [0.2, 0.25) is 0 Å². The van der Waals surface area contributed by atoms with Crippen LogP contribution in [0.3, 0.4) is 0 Å². The fourth-order valence-corrected chi connectivity index (χ4v) is 6.85. The second-order valence-electron chi connectivity index (χ2n) is 17.0. The van der Waals surface area contributed by atoms with Crippen molar-refractivity contribution in [2.75, 3.05) is 65.9 Å². The molecule has 24 nitrogen and oxygen atoms in total. The number of ether oxygens (including phenoxy) is 4. The molecule has 0 unspecified atom stereocenters. The number of amides is 6. The highest BCUT2D eigenvalue weighted by Gasteiger charge is 2.25. The molecular weight excluding hydrogens is 937 g/mol. The summed E-state index contributed by atoms with van der Waals surface area (Å²) in [6.45, 7) is 0.0874. The van der Waals surface area contributed by atoms with Crippen LogP contribution >= 0.6 is 0 Å². The molecule has 0 spiro atoms. The number of hydrogen-bond donors (Lipinski definition) is 10. The Balaban J connectivity index is 3.83. The smallest absolute Gasteiger partial charge is 0.326 e. The first-order valence-corrected chi connectivity index (χ1v) is 24.9. The van der Waals surface area contributed by atoms with E-state index >= 15 is 0 Å². The summed E-state index contributed by atoms with van der Waals surface area (Å²) < 4.78 is 21.1. The molecule has 0 aliphatic rings. The van der Waals surface area contributed by atoms with E-state index in [-0.39, 0.29) is 116 Å². The van der Waals surface area contributed by atoms with Crippen molar-refractivity contribution >= 4 is 59.3 Å². The van der Waals surface area contributed by atoms with Gasteiger partial charge in [-0.05, 0) is 32.1 Å². The average Bonchev–Trinajstić information content (AvgIpc) is 3.31. The van der Waals surface area contributed by atoms with E-state index in [1.54, 1.807) is 0 Å². The molecule has 71 heavy (non-hydrogen) atoms. The van der Waals surface area contributed by atoms with Crippen LogP contribution in [0.5, 0.6) is 0 Å². The largest absolute Gasteiger partial charge is 0.481 e. The summed E-state index contributed by atoms with van der Waals surface area (Å²) in [5, 5.41) is 48.9. The normalized spacial score (nSPS) is 12.2. The predicted molar refractivity (Wildman–Crippen MR) is 256 cm³/mol. The number of hydrogen-bond acceptors (Lipinski definition) is 14. The highest BCUT2D eigenvalue weighted by Crippen LogP contribution is 2.15. The number of carbonyl (C=O) groups is 10. The van der Waals surface area contributed by atoms with Gasteiger partial charge < -0.3 is 71.7 Å². The zero-order chi connectivity index (χ0) is 52.9. The third-order valence-electron chi connectivity index (χ3n) is 10.8. The first kappa shape index (κ1) is 65.5. The number of aliphatic carboxylic acids is 4. The molecule has 0 radical (unpaired) electrons. The summed E-state index contributed by atoms with van der Waals surface area (Å²) in [5.74, 6) is -8.21. The average molecular weight is 1020 g/mol. The fourth-order valence-electron chi connectivity index (χ4n) is 6.85. The molecule has 0 rings (SSSR count). The summed E-state index contributed by atoms with van der Waals surface area (Å²) in [4.78, 5) is 117.